The number of nitrogen functional groups attached to an aromatic ring is 1. The number of hydrogen-bond acceptors (Lipinski definition) is 3. The number of nitrogens with zero attached hydrogens (tertiary/aromatic N) is 1. The van der Waals surface area contributed by atoms with Crippen molar-refractivity contribution in [3.63, 3.8) is 0 Å². The smallest absolute Gasteiger partial charge is 0.250 e. The molecule has 0 aliphatic carbocycles. The molecule has 0 fully saturated rings. The highest BCUT2D eigenvalue weighted by Crippen LogP contribution is 2.14. The lowest BCUT2D eigenvalue weighted by molar-refractivity contribution is -0.114. The molecule has 0 aliphatic heterocycles. The van der Waals surface area contributed by atoms with Crippen LogP contribution in [0.25, 0.3) is 0 Å². The highest BCUT2D eigenvalue weighted by atomic mass is 16.2. The lowest BCUT2D eigenvalue weighted by Gasteiger charge is -2.14. The van der Waals surface area contributed by atoms with Crippen LogP contribution in [0.2, 0.25) is 0 Å². The fraction of sp³-hybridized carbons (Fsp3) is 0.0909. The molecule has 0 saturated heterocycles. The molecule has 1 amide bonds. The van der Waals surface area contributed by atoms with Gasteiger partial charge < -0.3 is 10.6 Å². The summed E-state index contributed by atoms with van der Waals surface area (Å²) in [6.07, 6.45) is 2.94. The number of likely N-dealkylation sites (N-methyl/N-ethyl adjacent to an activating group) is 1. The lowest BCUT2D eigenvalue weighted by Crippen LogP contribution is -2.23. The van der Waals surface area contributed by atoms with Crippen molar-refractivity contribution >= 4 is 23.6 Å². The zero-order valence-electron chi connectivity index (χ0n) is 8.38. The molecule has 78 valence electrons. The number of benzene rings is 1. The molecule has 1 aromatic carbocycles. The van der Waals surface area contributed by atoms with Gasteiger partial charge in [-0.1, -0.05) is 0 Å². The van der Waals surface area contributed by atoms with E-state index in [2.05, 4.69) is 0 Å². The Kier molecular flexibility index (Phi) is 3.62. The Bertz CT molecular complexity index is 382. The summed E-state index contributed by atoms with van der Waals surface area (Å²) in [6, 6.07) is 6.90. The Balaban J connectivity index is 2.80. The van der Waals surface area contributed by atoms with Gasteiger partial charge in [0, 0.05) is 24.5 Å². The van der Waals surface area contributed by atoms with E-state index in [1.165, 1.54) is 11.0 Å². The molecule has 1 rings (SSSR count). The first-order valence-corrected chi connectivity index (χ1v) is 4.40. The molecule has 0 saturated carbocycles. The predicted molar refractivity (Wildman–Crippen MR) is 59.5 cm³/mol. The van der Waals surface area contributed by atoms with Crippen LogP contribution in [0.4, 0.5) is 11.4 Å². The number of nitrogens with two attached hydrogens (primary N) is 1. The first-order chi connectivity index (χ1) is 7.15. The largest absolute Gasteiger partial charge is 0.399 e. The van der Waals surface area contributed by atoms with E-state index in [-0.39, 0.29) is 5.91 Å². The Hall–Kier alpha value is -2.10. The van der Waals surface area contributed by atoms with Crippen LogP contribution in [0.15, 0.2) is 36.4 Å². The molecule has 2 N–H and O–H groups in total. The first-order valence-electron chi connectivity index (χ1n) is 4.40. The highest BCUT2D eigenvalue weighted by molar-refractivity contribution is 6.02. The van der Waals surface area contributed by atoms with Crippen molar-refractivity contribution in [2.75, 3.05) is 17.7 Å². The van der Waals surface area contributed by atoms with E-state index in [1.54, 1.807) is 31.3 Å². The minimum Gasteiger partial charge on any atom is -0.399 e. The van der Waals surface area contributed by atoms with E-state index in [4.69, 9.17) is 5.73 Å². The van der Waals surface area contributed by atoms with Gasteiger partial charge in [-0.2, -0.15) is 0 Å². The van der Waals surface area contributed by atoms with Crippen molar-refractivity contribution < 1.29 is 9.59 Å². The molecule has 0 aromatic heterocycles. The van der Waals surface area contributed by atoms with Gasteiger partial charge in [-0.25, -0.2) is 0 Å². The monoisotopic (exact) mass is 204 g/mol. The molecule has 0 unspecified atom stereocenters. The van der Waals surface area contributed by atoms with Gasteiger partial charge in [0.05, 0.1) is 0 Å². The molecule has 0 spiro atoms. The summed E-state index contributed by atoms with van der Waals surface area (Å²) in [7, 11) is 1.63. The maximum Gasteiger partial charge on any atom is 0.250 e. The number of hydrogen-bond donors (Lipinski definition) is 1. The summed E-state index contributed by atoms with van der Waals surface area (Å²) in [6.45, 7) is 0. The van der Waals surface area contributed by atoms with Crippen LogP contribution in [-0.4, -0.2) is 19.2 Å². The maximum absolute atomic E-state index is 11.4. The number of allylic oxidation sites excluding steroid dienone is 1. The van der Waals surface area contributed by atoms with Gasteiger partial charge in [-0.3, -0.25) is 9.59 Å². The van der Waals surface area contributed by atoms with Crippen LogP contribution < -0.4 is 10.6 Å². The average Bonchev–Trinajstić information content (AvgIpc) is 2.26. The second-order valence-electron chi connectivity index (χ2n) is 2.98. The van der Waals surface area contributed by atoms with Gasteiger partial charge in [0.15, 0.2) is 0 Å². The first kappa shape index (κ1) is 11.0. The summed E-state index contributed by atoms with van der Waals surface area (Å²) in [5, 5.41) is 0. The Morgan fingerprint density at radius 3 is 2.47 bits per heavy atom. The van der Waals surface area contributed by atoms with E-state index in [9.17, 15) is 9.59 Å². The molecular formula is C11H12N2O2. The van der Waals surface area contributed by atoms with Crippen molar-refractivity contribution in [2.45, 2.75) is 0 Å². The van der Waals surface area contributed by atoms with Gasteiger partial charge >= 0.3 is 0 Å². The van der Waals surface area contributed by atoms with Gasteiger partial charge in [0.1, 0.15) is 6.29 Å². The molecule has 0 bridgehead atoms. The zero-order chi connectivity index (χ0) is 11.3. The number of anilines is 2. The third-order valence-electron chi connectivity index (χ3n) is 1.93. The molecule has 4 heteroatoms. The highest BCUT2D eigenvalue weighted by Gasteiger charge is 2.06. The van der Waals surface area contributed by atoms with E-state index < -0.39 is 0 Å². The van der Waals surface area contributed by atoms with Crippen molar-refractivity contribution in [3.05, 3.63) is 36.4 Å². The van der Waals surface area contributed by atoms with Crippen molar-refractivity contribution in [1.29, 1.82) is 0 Å². The molecule has 0 radical (unpaired) electrons. The van der Waals surface area contributed by atoms with E-state index >= 15 is 0 Å². The Morgan fingerprint density at radius 1 is 1.33 bits per heavy atom. The Labute approximate surface area is 88.0 Å². The summed E-state index contributed by atoms with van der Waals surface area (Å²) in [5.41, 5.74) is 6.89. The van der Waals surface area contributed by atoms with Crippen molar-refractivity contribution in [2.24, 2.45) is 0 Å². The second kappa shape index (κ2) is 4.95. The predicted octanol–water partition coefficient (Wildman–Crippen LogP) is 0.987. The third kappa shape index (κ3) is 2.95. The van der Waals surface area contributed by atoms with Crippen LogP contribution in [0.1, 0.15) is 0 Å². The van der Waals surface area contributed by atoms with Gasteiger partial charge in [-0.05, 0) is 30.3 Å². The lowest BCUT2D eigenvalue weighted by atomic mass is 10.2. The van der Waals surface area contributed by atoms with Crippen LogP contribution >= 0.6 is 0 Å². The van der Waals surface area contributed by atoms with Crippen LogP contribution in [0.3, 0.4) is 0 Å². The van der Waals surface area contributed by atoms with Crippen molar-refractivity contribution in [1.82, 2.24) is 0 Å². The number of carbonyl (C=O) groups is 2. The minimum absolute atomic E-state index is 0.258. The van der Waals surface area contributed by atoms with Gasteiger partial charge in [-0.15, -0.1) is 0 Å². The number of rotatable bonds is 3. The summed E-state index contributed by atoms with van der Waals surface area (Å²) >= 11 is 0. The quantitative estimate of drug-likeness (QED) is 0.453. The van der Waals surface area contributed by atoms with Crippen LogP contribution in [0, 0.1) is 0 Å². The third-order valence-corrected chi connectivity index (χ3v) is 1.93. The fourth-order valence-corrected chi connectivity index (χ4v) is 1.06. The molecule has 0 heterocycles. The van der Waals surface area contributed by atoms with Crippen LogP contribution in [-0.2, 0) is 9.59 Å². The number of carbonyl (C=O) groups excluding carboxylic acids is 2. The molecule has 0 aliphatic rings. The summed E-state index contributed by atoms with van der Waals surface area (Å²) in [4.78, 5) is 22.9. The average molecular weight is 204 g/mol. The fourth-order valence-electron chi connectivity index (χ4n) is 1.06. The van der Waals surface area contributed by atoms with Crippen LogP contribution in [0.5, 0.6) is 0 Å². The van der Waals surface area contributed by atoms with Gasteiger partial charge in [0.25, 0.3) is 5.91 Å². The second-order valence-corrected chi connectivity index (χ2v) is 2.98. The van der Waals surface area contributed by atoms with E-state index in [0.717, 1.165) is 11.8 Å². The van der Waals surface area contributed by atoms with Gasteiger partial charge in [0.2, 0.25) is 0 Å². The minimum atomic E-state index is -0.258. The zero-order valence-corrected chi connectivity index (χ0v) is 8.38. The molecular weight excluding hydrogens is 192 g/mol. The standard InChI is InChI=1S/C11H12N2O2/c1-13(11(15)3-2-8-14)10-6-4-9(12)5-7-10/h2-8H,12H2,1H3/b3-2-. The summed E-state index contributed by atoms with van der Waals surface area (Å²) in [5.74, 6) is -0.258. The number of amides is 1. The molecule has 1 aromatic rings. The molecule has 4 nitrogen and oxygen atoms in total. The topological polar surface area (TPSA) is 63.4 Å². The SMILES string of the molecule is CN(C(=O)/C=C\C=O)c1ccc(N)cc1. The molecule has 15 heavy (non-hydrogen) atoms. The number of aldehydes is 1. The Morgan fingerprint density at radius 2 is 1.93 bits per heavy atom. The van der Waals surface area contributed by atoms with E-state index in [0.29, 0.717) is 12.0 Å². The molecule has 0 atom stereocenters. The van der Waals surface area contributed by atoms with E-state index in [1.807, 2.05) is 0 Å². The van der Waals surface area contributed by atoms with Crippen molar-refractivity contribution in [3.8, 4) is 0 Å². The summed E-state index contributed by atoms with van der Waals surface area (Å²) < 4.78 is 0. The normalized spacial score (nSPS) is 10.2. The maximum atomic E-state index is 11.4.